The molecule has 0 bridgehead atoms. The third kappa shape index (κ3) is 6.13. The quantitative estimate of drug-likeness (QED) is 0.817. The van der Waals surface area contributed by atoms with Gasteiger partial charge in [-0.3, -0.25) is 0 Å². The summed E-state index contributed by atoms with van der Waals surface area (Å²) in [7, 11) is -3.58. The number of hydrogen-bond acceptors (Lipinski definition) is 4. The molecule has 132 valence electrons. The Labute approximate surface area is 149 Å². The van der Waals surface area contributed by atoms with Crippen LogP contribution in [0.1, 0.15) is 19.4 Å². The van der Waals surface area contributed by atoms with Crippen molar-refractivity contribution in [2.24, 2.45) is 5.73 Å². The van der Waals surface area contributed by atoms with Crippen molar-refractivity contribution in [3.8, 4) is 11.5 Å². The normalized spacial score (nSPS) is 11.7. The van der Waals surface area contributed by atoms with E-state index in [9.17, 15) is 8.42 Å². The summed E-state index contributed by atoms with van der Waals surface area (Å²) in [5.74, 6) is 1.29. The lowest BCUT2D eigenvalue weighted by atomic mass is 10.1. The largest absolute Gasteiger partial charge is 0.457 e. The Hall–Kier alpha value is -1.60. The van der Waals surface area contributed by atoms with Crippen molar-refractivity contribution < 1.29 is 13.2 Å². The van der Waals surface area contributed by atoms with E-state index in [0.29, 0.717) is 11.5 Å². The first-order valence-electron chi connectivity index (χ1n) is 7.29. The molecule has 2 aromatic rings. The van der Waals surface area contributed by atoms with Crippen LogP contribution in [0.15, 0.2) is 53.4 Å². The second-order valence-corrected chi connectivity index (χ2v) is 7.97. The molecular formula is C17H23ClN2O3S. The average Bonchev–Trinajstić information content (AvgIpc) is 2.45. The highest BCUT2D eigenvalue weighted by atomic mass is 35.5. The number of halogens is 1. The second-order valence-electron chi connectivity index (χ2n) is 6.20. The maximum atomic E-state index is 12.2. The van der Waals surface area contributed by atoms with Crippen LogP contribution in [0.25, 0.3) is 0 Å². The van der Waals surface area contributed by atoms with Gasteiger partial charge in [0.1, 0.15) is 11.5 Å². The molecule has 2 rings (SSSR count). The highest BCUT2D eigenvalue weighted by Crippen LogP contribution is 2.23. The third-order valence-corrected chi connectivity index (χ3v) is 4.49. The molecule has 0 radical (unpaired) electrons. The molecule has 5 nitrogen and oxygen atoms in total. The highest BCUT2D eigenvalue weighted by Gasteiger charge is 2.18. The Morgan fingerprint density at radius 2 is 1.71 bits per heavy atom. The summed E-state index contributed by atoms with van der Waals surface area (Å²) in [5.41, 5.74) is 6.28. The van der Waals surface area contributed by atoms with Gasteiger partial charge >= 0.3 is 0 Å². The summed E-state index contributed by atoms with van der Waals surface area (Å²) in [6.45, 7) is 5.66. The van der Waals surface area contributed by atoms with Crippen molar-refractivity contribution in [2.75, 3.05) is 6.54 Å². The van der Waals surface area contributed by atoms with Crippen molar-refractivity contribution in [3.05, 3.63) is 54.1 Å². The molecule has 0 fully saturated rings. The Morgan fingerprint density at radius 3 is 2.25 bits per heavy atom. The summed E-state index contributed by atoms with van der Waals surface area (Å²) < 4.78 is 32.6. The van der Waals surface area contributed by atoms with Crippen molar-refractivity contribution in [1.29, 1.82) is 0 Å². The Kier molecular flexibility index (Phi) is 6.80. The van der Waals surface area contributed by atoms with E-state index in [1.54, 1.807) is 26.0 Å². The van der Waals surface area contributed by atoms with Crippen LogP contribution in [0.3, 0.4) is 0 Å². The Bertz CT molecular complexity index is 769. The van der Waals surface area contributed by atoms with E-state index < -0.39 is 15.6 Å². The number of rotatable bonds is 6. The van der Waals surface area contributed by atoms with Gasteiger partial charge < -0.3 is 10.5 Å². The van der Waals surface area contributed by atoms with Crippen LogP contribution in [0.2, 0.25) is 0 Å². The lowest BCUT2D eigenvalue weighted by Crippen LogP contribution is -2.45. The summed E-state index contributed by atoms with van der Waals surface area (Å²) >= 11 is 0. The van der Waals surface area contributed by atoms with Gasteiger partial charge in [0.15, 0.2) is 0 Å². The van der Waals surface area contributed by atoms with Gasteiger partial charge in [0.25, 0.3) is 0 Å². The minimum absolute atomic E-state index is 0. The smallest absolute Gasteiger partial charge is 0.240 e. The van der Waals surface area contributed by atoms with E-state index in [2.05, 4.69) is 4.72 Å². The van der Waals surface area contributed by atoms with Crippen molar-refractivity contribution in [1.82, 2.24) is 4.72 Å². The average molecular weight is 371 g/mol. The van der Waals surface area contributed by atoms with Gasteiger partial charge in [0.2, 0.25) is 10.0 Å². The molecule has 0 aliphatic heterocycles. The van der Waals surface area contributed by atoms with Crippen LogP contribution < -0.4 is 15.2 Å². The fourth-order valence-corrected chi connectivity index (χ4v) is 3.09. The monoisotopic (exact) mass is 370 g/mol. The molecule has 0 aliphatic rings. The van der Waals surface area contributed by atoms with Crippen molar-refractivity contribution in [2.45, 2.75) is 31.2 Å². The molecule has 2 aromatic carbocycles. The molecule has 0 spiro atoms. The first-order valence-corrected chi connectivity index (χ1v) is 8.77. The molecule has 24 heavy (non-hydrogen) atoms. The van der Waals surface area contributed by atoms with E-state index in [-0.39, 0.29) is 23.8 Å². The standard InChI is InChI=1S/C17H22N2O3S.ClH/c1-13-5-4-6-15(11-13)22-14-7-9-16(10-8-14)23(20,21)19-12-17(2,3)18;/h4-11,19H,12,18H2,1-3H3;1H. The maximum Gasteiger partial charge on any atom is 0.240 e. The fraction of sp³-hybridized carbons (Fsp3) is 0.294. The van der Waals surface area contributed by atoms with E-state index in [1.165, 1.54) is 12.1 Å². The molecule has 0 atom stereocenters. The van der Waals surface area contributed by atoms with Gasteiger partial charge in [0, 0.05) is 12.1 Å². The summed E-state index contributed by atoms with van der Waals surface area (Å²) in [6.07, 6.45) is 0. The highest BCUT2D eigenvalue weighted by molar-refractivity contribution is 7.89. The number of nitrogens with one attached hydrogen (secondary N) is 1. The van der Waals surface area contributed by atoms with Gasteiger partial charge in [-0.15, -0.1) is 12.4 Å². The second kappa shape index (κ2) is 7.98. The molecule has 0 heterocycles. The van der Waals surface area contributed by atoms with E-state index in [0.717, 1.165) is 5.56 Å². The third-order valence-electron chi connectivity index (χ3n) is 3.08. The zero-order valence-corrected chi connectivity index (χ0v) is 15.6. The van der Waals surface area contributed by atoms with Crippen molar-refractivity contribution in [3.63, 3.8) is 0 Å². The molecule has 0 saturated heterocycles. The van der Waals surface area contributed by atoms with Crippen LogP contribution in [0.4, 0.5) is 0 Å². The predicted molar refractivity (Wildman–Crippen MR) is 98.4 cm³/mol. The molecule has 0 aliphatic carbocycles. The van der Waals surface area contributed by atoms with Gasteiger partial charge in [0.05, 0.1) is 4.90 Å². The van der Waals surface area contributed by atoms with E-state index in [1.807, 2.05) is 31.2 Å². The number of hydrogen-bond donors (Lipinski definition) is 2. The number of aryl methyl sites for hydroxylation is 1. The molecule has 7 heteroatoms. The minimum Gasteiger partial charge on any atom is -0.457 e. The molecule has 0 amide bonds. The van der Waals surface area contributed by atoms with Crippen LogP contribution >= 0.6 is 12.4 Å². The van der Waals surface area contributed by atoms with E-state index >= 15 is 0 Å². The first-order chi connectivity index (χ1) is 10.7. The maximum absolute atomic E-state index is 12.2. The fourth-order valence-electron chi connectivity index (χ4n) is 1.87. The first kappa shape index (κ1) is 20.4. The lowest BCUT2D eigenvalue weighted by molar-refractivity contribution is 0.481. The van der Waals surface area contributed by atoms with Gasteiger partial charge in [-0.05, 0) is 62.7 Å². The Balaban J connectivity index is 0.00000288. The predicted octanol–water partition coefficient (Wildman–Crippen LogP) is 3.22. The number of sulfonamides is 1. The molecule has 0 aromatic heterocycles. The van der Waals surface area contributed by atoms with E-state index in [4.69, 9.17) is 10.5 Å². The minimum atomic E-state index is -3.58. The van der Waals surface area contributed by atoms with Crippen LogP contribution in [-0.4, -0.2) is 20.5 Å². The van der Waals surface area contributed by atoms with Crippen molar-refractivity contribution >= 4 is 22.4 Å². The number of benzene rings is 2. The topological polar surface area (TPSA) is 81.4 Å². The van der Waals surface area contributed by atoms with Gasteiger partial charge in [-0.25, -0.2) is 13.1 Å². The molecule has 3 N–H and O–H groups in total. The van der Waals surface area contributed by atoms with Gasteiger partial charge in [-0.1, -0.05) is 12.1 Å². The summed E-state index contributed by atoms with van der Waals surface area (Å²) in [5, 5.41) is 0. The zero-order valence-electron chi connectivity index (χ0n) is 13.9. The lowest BCUT2D eigenvalue weighted by Gasteiger charge is -2.19. The molecule has 0 saturated carbocycles. The zero-order chi connectivity index (χ0) is 17.1. The summed E-state index contributed by atoms with van der Waals surface area (Å²) in [4.78, 5) is 0.179. The SMILES string of the molecule is Cc1cccc(Oc2ccc(S(=O)(=O)NCC(C)(C)N)cc2)c1.Cl. The van der Waals surface area contributed by atoms with Gasteiger partial charge in [-0.2, -0.15) is 0 Å². The van der Waals surface area contributed by atoms with Crippen LogP contribution in [-0.2, 0) is 10.0 Å². The molecular weight excluding hydrogens is 348 g/mol. The Morgan fingerprint density at radius 1 is 1.08 bits per heavy atom. The summed E-state index contributed by atoms with van der Waals surface area (Å²) in [6, 6.07) is 13.9. The number of nitrogens with two attached hydrogens (primary N) is 1. The molecule has 0 unspecified atom stereocenters. The van der Waals surface area contributed by atoms with Crippen LogP contribution in [0.5, 0.6) is 11.5 Å². The van der Waals surface area contributed by atoms with Crippen LogP contribution in [0, 0.1) is 6.92 Å². The number of ether oxygens (including phenoxy) is 1.